The molecule has 5 nitrogen and oxygen atoms in total. The number of benzene rings is 1. The van der Waals surface area contributed by atoms with Crippen LogP contribution in [0.3, 0.4) is 0 Å². The number of hydrogen-bond acceptors (Lipinski definition) is 4. The first kappa shape index (κ1) is 20.4. The third kappa shape index (κ3) is 4.45. The summed E-state index contributed by atoms with van der Waals surface area (Å²) in [7, 11) is -2.20. The first-order valence-electron chi connectivity index (χ1n) is 7.91. The van der Waals surface area contributed by atoms with E-state index in [1.807, 2.05) is 0 Å². The smallest absolute Gasteiger partial charge is 0.485 e. The van der Waals surface area contributed by atoms with Crippen molar-refractivity contribution in [1.82, 2.24) is 0 Å². The van der Waals surface area contributed by atoms with Gasteiger partial charge in [0.05, 0.1) is 7.11 Å². The van der Waals surface area contributed by atoms with Gasteiger partial charge in [-0.3, -0.25) is 0 Å². The molecule has 0 spiro atoms. The van der Waals surface area contributed by atoms with E-state index < -0.39 is 15.6 Å². The molecule has 0 saturated carbocycles. The predicted molar refractivity (Wildman–Crippen MR) is 90.3 cm³/mol. The van der Waals surface area contributed by atoms with Gasteiger partial charge in [0.2, 0.25) is 0 Å². The third-order valence-electron chi connectivity index (χ3n) is 4.36. The Morgan fingerprint density at radius 3 is 2.38 bits per heavy atom. The maximum atomic E-state index is 10.7. The van der Waals surface area contributed by atoms with Crippen molar-refractivity contribution in [2.45, 2.75) is 25.3 Å². The molecule has 0 saturated heterocycles. The fraction of sp³-hybridized carbons (Fsp3) is 0.471. The zero-order chi connectivity index (χ0) is 19.7. The average molecular weight is 391 g/mol. The highest BCUT2D eigenvalue weighted by molar-refractivity contribution is 7.86. The number of methoxy groups -OCH3 is 1. The molecule has 1 unspecified atom stereocenters. The van der Waals surface area contributed by atoms with Crippen molar-refractivity contribution in [2.24, 2.45) is 5.92 Å². The minimum absolute atomic E-state index is 0.629. The van der Waals surface area contributed by atoms with Gasteiger partial charge in [0.25, 0.3) is 0 Å². The van der Waals surface area contributed by atoms with Gasteiger partial charge >= 0.3 is 5.51 Å². The Labute approximate surface area is 150 Å². The SMILES string of the molecule is COc1ccc2c(c1)CC(C)C2=C1C=[N+](C)CC1.O=S(=O)([O-])C(F)(F)F. The van der Waals surface area contributed by atoms with Gasteiger partial charge in [0, 0.05) is 12.0 Å². The molecule has 3 rings (SSSR count). The molecular weight excluding hydrogens is 371 g/mol. The molecule has 0 fully saturated rings. The Morgan fingerprint density at radius 1 is 1.31 bits per heavy atom. The van der Waals surface area contributed by atoms with Crippen molar-refractivity contribution < 1.29 is 35.5 Å². The van der Waals surface area contributed by atoms with Crippen LogP contribution in [0, 0.1) is 5.92 Å². The minimum Gasteiger partial charge on any atom is -0.741 e. The molecule has 0 aromatic heterocycles. The number of halogens is 3. The first-order chi connectivity index (χ1) is 11.9. The molecular formula is C17H20F3NO4S. The lowest BCUT2D eigenvalue weighted by Gasteiger charge is -2.08. The fourth-order valence-electron chi connectivity index (χ4n) is 3.21. The van der Waals surface area contributed by atoms with E-state index in [4.69, 9.17) is 17.7 Å². The largest absolute Gasteiger partial charge is 0.741 e. The van der Waals surface area contributed by atoms with Gasteiger partial charge in [-0.15, -0.1) is 0 Å². The van der Waals surface area contributed by atoms with E-state index in [1.54, 1.807) is 12.7 Å². The Kier molecular flexibility index (Phi) is 5.82. The van der Waals surface area contributed by atoms with Gasteiger partial charge < -0.3 is 9.29 Å². The number of alkyl halides is 3. The van der Waals surface area contributed by atoms with Crippen LogP contribution in [-0.2, 0) is 16.5 Å². The average Bonchev–Trinajstić information content (AvgIpc) is 3.07. The third-order valence-corrected chi connectivity index (χ3v) is 4.93. The van der Waals surface area contributed by atoms with Gasteiger partial charge in [0.15, 0.2) is 16.3 Å². The van der Waals surface area contributed by atoms with Crippen LogP contribution >= 0.6 is 0 Å². The maximum Gasteiger partial charge on any atom is 0.485 e. The molecule has 1 aliphatic carbocycles. The molecule has 0 amide bonds. The van der Waals surface area contributed by atoms with Gasteiger partial charge in [0.1, 0.15) is 19.3 Å². The summed E-state index contributed by atoms with van der Waals surface area (Å²) in [6.45, 7) is 3.48. The summed E-state index contributed by atoms with van der Waals surface area (Å²) in [4.78, 5) is 0. The van der Waals surface area contributed by atoms with E-state index in [9.17, 15) is 13.2 Å². The molecule has 26 heavy (non-hydrogen) atoms. The number of fused-ring (bicyclic) bond motifs is 1. The second-order valence-corrected chi connectivity index (χ2v) is 7.70. The summed E-state index contributed by atoms with van der Waals surface area (Å²) in [6, 6.07) is 6.50. The quantitative estimate of drug-likeness (QED) is 0.419. The van der Waals surface area contributed by atoms with Crippen LogP contribution < -0.4 is 4.74 Å². The molecule has 1 heterocycles. The van der Waals surface area contributed by atoms with Crippen LogP contribution in [0.1, 0.15) is 24.5 Å². The molecule has 1 aliphatic heterocycles. The van der Waals surface area contributed by atoms with Crippen LogP contribution in [-0.4, -0.2) is 50.0 Å². The van der Waals surface area contributed by atoms with Crippen molar-refractivity contribution in [3.63, 3.8) is 0 Å². The highest BCUT2D eigenvalue weighted by atomic mass is 32.2. The molecule has 0 radical (unpaired) electrons. The molecule has 0 bridgehead atoms. The lowest BCUT2D eigenvalue weighted by molar-refractivity contribution is -0.484. The molecule has 1 atom stereocenters. The normalized spacial score (nSPS) is 22.4. The predicted octanol–water partition coefficient (Wildman–Crippen LogP) is 2.81. The van der Waals surface area contributed by atoms with E-state index in [0.29, 0.717) is 5.92 Å². The summed E-state index contributed by atoms with van der Waals surface area (Å²) in [6.07, 6.45) is 4.63. The van der Waals surface area contributed by atoms with Crippen LogP contribution in [0.5, 0.6) is 5.75 Å². The summed E-state index contributed by atoms with van der Waals surface area (Å²) < 4.78 is 66.5. The van der Waals surface area contributed by atoms with Crippen molar-refractivity contribution >= 4 is 21.9 Å². The number of nitrogens with zero attached hydrogens (tertiary/aromatic N) is 1. The van der Waals surface area contributed by atoms with Crippen molar-refractivity contribution in [2.75, 3.05) is 20.7 Å². The monoisotopic (exact) mass is 391 g/mol. The zero-order valence-corrected chi connectivity index (χ0v) is 15.4. The standard InChI is InChI=1S/C16H20NO.CHF3O3S/c1-11-8-13-9-14(18-3)4-5-15(13)16(11)12-6-7-17(2)10-12;2-1(3,4)8(5,6)7/h4-5,9-11H,6-8H2,1-3H3;(H,5,6,7)/q+1;/p-1. The van der Waals surface area contributed by atoms with E-state index in [2.05, 4.69) is 43.0 Å². The van der Waals surface area contributed by atoms with E-state index in [0.717, 1.165) is 18.7 Å². The summed E-state index contributed by atoms with van der Waals surface area (Å²) in [5, 5.41) is 0. The molecule has 0 N–H and O–H groups in total. The van der Waals surface area contributed by atoms with E-state index in [1.165, 1.54) is 23.1 Å². The van der Waals surface area contributed by atoms with Crippen LogP contribution in [0.15, 0.2) is 23.8 Å². The number of rotatable bonds is 1. The van der Waals surface area contributed by atoms with Crippen LogP contribution in [0.2, 0.25) is 0 Å². The molecule has 1 aromatic rings. The lowest BCUT2D eigenvalue weighted by atomic mass is 9.95. The van der Waals surface area contributed by atoms with Gasteiger partial charge in [-0.1, -0.05) is 13.0 Å². The van der Waals surface area contributed by atoms with E-state index in [-0.39, 0.29) is 0 Å². The highest BCUT2D eigenvalue weighted by Crippen LogP contribution is 2.41. The maximum absolute atomic E-state index is 10.7. The Morgan fingerprint density at radius 2 is 1.92 bits per heavy atom. The Bertz CT molecular complexity index is 857. The van der Waals surface area contributed by atoms with Crippen molar-refractivity contribution in [3.05, 3.63) is 34.9 Å². The van der Waals surface area contributed by atoms with Crippen LogP contribution in [0.4, 0.5) is 13.2 Å². The number of allylic oxidation sites excluding steroid dienone is 1. The topological polar surface area (TPSA) is 69.4 Å². The molecule has 2 aliphatic rings. The Balaban J connectivity index is 0.000000260. The number of hydrogen-bond donors (Lipinski definition) is 0. The van der Waals surface area contributed by atoms with Gasteiger partial charge in [-0.05, 0) is 41.2 Å². The van der Waals surface area contributed by atoms with Gasteiger partial charge in [-0.2, -0.15) is 13.2 Å². The lowest BCUT2D eigenvalue weighted by Crippen LogP contribution is -2.21. The van der Waals surface area contributed by atoms with Crippen molar-refractivity contribution in [1.29, 1.82) is 0 Å². The first-order valence-corrected chi connectivity index (χ1v) is 9.32. The van der Waals surface area contributed by atoms with E-state index >= 15 is 0 Å². The summed E-state index contributed by atoms with van der Waals surface area (Å²) >= 11 is 0. The molecule has 1 aromatic carbocycles. The second kappa shape index (κ2) is 7.40. The summed E-state index contributed by atoms with van der Waals surface area (Å²) in [5.41, 5.74) is 0.301. The van der Waals surface area contributed by atoms with Crippen LogP contribution in [0.25, 0.3) is 5.57 Å². The summed E-state index contributed by atoms with van der Waals surface area (Å²) in [5.74, 6) is 1.60. The zero-order valence-electron chi connectivity index (χ0n) is 14.6. The minimum atomic E-state index is -6.09. The molecule has 9 heteroatoms. The second-order valence-electron chi connectivity index (χ2n) is 6.33. The highest BCUT2D eigenvalue weighted by Gasteiger charge is 2.37. The molecule has 144 valence electrons. The Hall–Kier alpha value is -1.87. The number of ether oxygens (including phenoxy) is 1. The fourth-order valence-corrected chi connectivity index (χ4v) is 3.21. The van der Waals surface area contributed by atoms with Crippen molar-refractivity contribution in [3.8, 4) is 5.75 Å². The van der Waals surface area contributed by atoms with Gasteiger partial charge in [-0.25, -0.2) is 13.0 Å².